The van der Waals surface area contributed by atoms with E-state index in [1.54, 1.807) is 12.4 Å². The van der Waals surface area contributed by atoms with E-state index in [1.807, 2.05) is 11.1 Å². The molecule has 2 aliphatic rings. The number of H-pyrrole nitrogens is 1. The summed E-state index contributed by atoms with van der Waals surface area (Å²) in [4.78, 5) is 13.8. The van der Waals surface area contributed by atoms with Gasteiger partial charge in [-0.25, -0.2) is 9.97 Å². The van der Waals surface area contributed by atoms with Gasteiger partial charge in [0, 0.05) is 42.8 Å². The Balaban J connectivity index is 1.43. The highest BCUT2D eigenvalue weighted by atomic mass is 16.3. The van der Waals surface area contributed by atoms with Crippen molar-refractivity contribution in [2.75, 3.05) is 31.1 Å². The number of fused-ring (bicyclic) bond motifs is 2. The van der Waals surface area contributed by atoms with Crippen molar-refractivity contribution in [2.24, 2.45) is 5.92 Å². The summed E-state index contributed by atoms with van der Waals surface area (Å²) < 4.78 is 0. The Morgan fingerprint density at radius 3 is 2.77 bits per heavy atom. The summed E-state index contributed by atoms with van der Waals surface area (Å²) in [6.45, 7) is 11.5. The van der Waals surface area contributed by atoms with Crippen molar-refractivity contribution in [1.29, 1.82) is 0 Å². The van der Waals surface area contributed by atoms with Gasteiger partial charge in [-0.2, -0.15) is 5.10 Å². The molecule has 2 N–H and O–H groups in total. The summed E-state index contributed by atoms with van der Waals surface area (Å²) in [5.74, 6) is 1.97. The first-order valence-electron chi connectivity index (χ1n) is 11.1. The van der Waals surface area contributed by atoms with Crippen molar-refractivity contribution in [3.05, 3.63) is 59.7 Å². The minimum absolute atomic E-state index is 0.413. The van der Waals surface area contributed by atoms with Crippen LogP contribution in [0.1, 0.15) is 35.2 Å². The highest BCUT2D eigenvalue weighted by Gasteiger charge is 2.33. The van der Waals surface area contributed by atoms with Crippen molar-refractivity contribution < 1.29 is 5.11 Å². The summed E-state index contributed by atoms with van der Waals surface area (Å²) in [6.07, 6.45) is 6.59. The second-order valence-corrected chi connectivity index (χ2v) is 8.91. The quantitative estimate of drug-likeness (QED) is 0.634. The van der Waals surface area contributed by atoms with E-state index in [1.165, 1.54) is 27.8 Å². The topological polar surface area (TPSA) is 81.2 Å². The first-order valence-corrected chi connectivity index (χ1v) is 11.1. The Bertz CT molecular complexity index is 1100. The van der Waals surface area contributed by atoms with Gasteiger partial charge in [0.1, 0.15) is 18.4 Å². The van der Waals surface area contributed by atoms with Crippen molar-refractivity contribution in [2.45, 2.75) is 38.8 Å². The number of aliphatic hydroxyl groups excluding tert-OH is 1. The molecule has 1 fully saturated rings. The molecule has 1 aromatic carbocycles. The largest absolute Gasteiger partial charge is 0.375 e. The number of aliphatic hydroxyl groups is 1. The zero-order valence-corrected chi connectivity index (χ0v) is 18.3. The molecule has 0 amide bonds. The van der Waals surface area contributed by atoms with Gasteiger partial charge in [0.2, 0.25) is 0 Å². The third-order valence-corrected chi connectivity index (χ3v) is 7.09. The summed E-state index contributed by atoms with van der Waals surface area (Å²) in [7, 11) is 0. The SMILES string of the molecule is C=CC(O)N1CCN(c2ncnc3c2C[C@@H](C)C(c2c(C)ccc4[nH]ncc24)C3)CC1. The fraction of sp³-hybridized carbons (Fsp3) is 0.458. The Morgan fingerprint density at radius 1 is 1.19 bits per heavy atom. The number of benzene rings is 1. The van der Waals surface area contributed by atoms with Crippen molar-refractivity contribution in [3.63, 3.8) is 0 Å². The number of aryl methyl sites for hydroxylation is 1. The van der Waals surface area contributed by atoms with Crippen molar-refractivity contribution >= 4 is 16.7 Å². The molecule has 1 aliphatic carbocycles. The number of piperazine rings is 1. The first-order chi connectivity index (χ1) is 15.1. The van der Waals surface area contributed by atoms with Crippen molar-refractivity contribution in [1.82, 2.24) is 25.1 Å². The molecule has 162 valence electrons. The Morgan fingerprint density at radius 2 is 2.00 bits per heavy atom. The lowest BCUT2D eigenvalue weighted by atomic mass is 9.73. The van der Waals surface area contributed by atoms with Crippen LogP contribution in [0, 0.1) is 12.8 Å². The smallest absolute Gasteiger partial charge is 0.135 e. The standard InChI is InChI=1S/C24H30N6O/c1-4-22(31)29-7-9-30(10-8-29)24-18-11-16(3)17(12-21(18)25-14-26-24)23-15(2)5-6-20-19(23)13-27-28-20/h4-6,13-14,16-17,22,31H,1,7-12H2,2-3H3,(H,27,28)/t16-,17?,22?/m1/s1. The Labute approximate surface area is 182 Å². The molecule has 0 bridgehead atoms. The van der Waals surface area contributed by atoms with Crippen LogP contribution in [0.4, 0.5) is 5.82 Å². The molecule has 7 heteroatoms. The number of nitrogens with zero attached hydrogens (tertiary/aromatic N) is 5. The van der Waals surface area contributed by atoms with Crippen LogP contribution in [0.3, 0.4) is 0 Å². The van der Waals surface area contributed by atoms with Crippen LogP contribution in [0.15, 0.2) is 37.3 Å². The van der Waals surface area contributed by atoms with Gasteiger partial charge in [-0.3, -0.25) is 10.00 Å². The summed E-state index contributed by atoms with van der Waals surface area (Å²) in [5.41, 5.74) is 6.28. The number of rotatable bonds is 4. The van der Waals surface area contributed by atoms with Gasteiger partial charge < -0.3 is 10.0 Å². The number of anilines is 1. The average Bonchev–Trinajstić information content (AvgIpc) is 3.27. The Kier molecular flexibility index (Phi) is 5.24. The zero-order valence-electron chi connectivity index (χ0n) is 18.3. The third kappa shape index (κ3) is 3.51. The fourth-order valence-corrected chi connectivity index (χ4v) is 5.34. The number of nitrogens with one attached hydrogen (secondary N) is 1. The number of aromatic nitrogens is 4. The number of aromatic amines is 1. The maximum absolute atomic E-state index is 10.0. The van der Waals surface area contributed by atoms with Gasteiger partial charge in [0.25, 0.3) is 0 Å². The molecule has 0 radical (unpaired) electrons. The van der Waals surface area contributed by atoms with Crippen LogP contribution in [-0.2, 0) is 12.8 Å². The summed E-state index contributed by atoms with van der Waals surface area (Å²) in [5, 5.41) is 18.7. The molecule has 1 aliphatic heterocycles. The Hall–Kier alpha value is -2.77. The molecule has 3 heterocycles. The first kappa shape index (κ1) is 20.2. The maximum Gasteiger partial charge on any atom is 0.135 e. The second-order valence-electron chi connectivity index (χ2n) is 8.91. The number of hydrogen-bond donors (Lipinski definition) is 2. The second kappa shape index (κ2) is 8.05. The van der Waals surface area contributed by atoms with Crippen LogP contribution in [0.2, 0.25) is 0 Å². The molecule has 7 nitrogen and oxygen atoms in total. The van der Waals surface area contributed by atoms with Gasteiger partial charge >= 0.3 is 0 Å². The van der Waals surface area contributed by atoms with E-state index in [-0.39, 0.29) is 0 Å². The highest BCUT2D eigenvalue weighted by molar-refractivity contribution is 5.83. The maximum atomic E-state index is 10.0. The predicted molar refractivity (Wildman–Crippen MR) is 122 cm³/mol. The highest BCUT2D eigenvalue weighted by Crippen LogP contribution is 2.42. The molecule has 1 saturated heterocycles. The molecule has 31 heavy (non-hydrogen) atoms. The zero-order chi connectivity index (χ0) is 21.5. The van der Waals surface area contributed by atoms with E-state index in [0.717, 1.165) is 50.4 Å². The van der Waals surface area contributed by atoms with Crippen LogP contribution in [0.25, 0.3) is 10.9 Å². The molecular weight excluding hydrogens is 388 g/mol. The molecule has 3 atom stereocenters. The van der Waals surface area contributed by atoms with E-state index < -0.39 is 6.23 Å². The average molecular weight is 419 g/mol. The van der Waals surface area contributed by atoms with E-state index in [0.29, 0.717) is 11.8 Å². The number of hydrogen-bond acceptors (Lipinski definition) is 6. The third-order valence-electron chi connectivity index (χ3n) is 7.09. The van der Waals surface area contributed by atoms with E-state index >= 15 is 0 Å². The van der Waals surface area contributed by atoms with Gasteiger partial charge in [0.15, 0.2) is 0 Å². The lowest BCUT2D eigenvalue weighted by molar-refractivity contribution is 0.0379. The lowest BCUT2D eigenvalue weighted by Crippen LogP contribution is -2.50. The van der Waals surface area contributed by atoms with E-state index in [2.05, 4.69) is 47.7 Å². The monoisotopic (exact) mass is 418 g/mol. The van der Waals surface area contributed by atoms with Crippen LogP contribution in [-0.4, -0.2) is 62.6 Å². The van der Waals surface area contributed by atoms with Gasteiger partial charge in [-0.15, -0.1) is 0 Å². The van der Waals surface area contributed by atoms with Crippen LogP contribution in [0.5, 0.6) is 0 Å². The molecule has 0 saturated carbocycles. The molecule has 2 aromatic heterocycles. The minimum Gasteiger partial charge on any atom is -0.375 e. The lowest BCUT2D eigenvalue weighted by Gasteiger charge is -2.39. The van der Waals surface area contributed by atoms with Crippen molar-refractivity contribution in [3.8, 4) is 0 Å². The molecule has 3 aromatic rings. The van der Waals surface area contributed by atoms with Crippen LogP contribution >= 0.6 is 0 Å². The summed E-state index contributed by atoms with van der Waals surface area (Å²) >= 11 is 0. The normalized spacial score (nSPS) is 23.0. The predicted octanol–water partition coefficient (Wildman–Crippen LogP) is 2.81. The minimum atomic E-state index is -0.573. The van der Waals surface area contributed by atoms with Gasteiger partial charge in [0.05, 0.1) is 11.7 Å². The van der Waals surface area contributed by atoms with E-state index in [4.69, 9.17) is 9.97 Å². The molecular formula is C24H30N6O. The summed E-state index contributed by atoms with van der Waals surface area (Å²) in [6, 6.07) is 4.31. The van der Waals surface area contributed by atoms with Crippen LogP contribution < -0.4 is 4.90 Å². The molecule has 2 unspecified atom stereocenters. The molecule has 5 rings (SSSR count). The molecule has 0 spiro atoms. The van der Waals surface area contributed by atoms with Gasteiger partial charge in [-0.1, -0.05) is 19.6 Å². The fourth-order valence-electron chi connectivity index (χ4n) is 5.34. The van der Waals surface area contributed by atoms with E-state index in [9.17, 15) is 5.11 Å². The van der Waals surface area contributed by atoms with Gasteiger partial charge in [-0.05, 0) is 54.9 Å².